The van der Waals surface area contributed by atoms with E-state index in [4.69, 9.17) is 4.74 Å². The number of hydrogen-bond donors (Lipinski definition) is 2. The van der Waals surface area contributed by atoms with Crippen molar-refractivity contribution in [2.45, 2.75) is 25.2 Å². The Bertz CT molecular complexity index is 282. The summed E-state index contributed by atoms with van der Waals surface area (Å²) in [5, 5.41) is 3.31. The first-order valence-corrected chi connectivity index (χ1v) is 6.07. The van der Waals surface area contributed by atoms with Crippen molar-refractivity contribution in [1.82, 2.24) is 5.32 Å². The molecule has 0 amide bonds. The van der Waals surface area contributed by atoms with Crippen LogP contribution in [-0.4, -0.2) is 24.4 Å². The zero-order valence-corrected chi connectivity index (χ0v) is 11.0. The average molecular weight is 239 g/mol. The minimum absolute atomic E-state index is 0.0411. The molecule has 0 spiro atoms. The molecule has 1 N–H and O–H groups in total. The molecule has 0 fully saturated rings. The standard InChI is InChI=1S/C13H21NOS/c1-13(2,16)11-14-8-9-15-10-12-6-4-3-5-7-12/h3-7,14,16H,8-11H2,1-2H3. The highest BCUT2D eigenvalue weighted by atomic mass is 32.1. The largest absolute Gasteiger partial charge is 0.375 e. The zero-order chi connectivity index (χ0) is 11.9. The Morgan fingerprint density at radius 3 is 2.56 bits per heavy atom. The lowest BCUT2D eigenvalue weighted by Gasteiger charge is -2.17. The van der Waals surface area contributed by atoms with E-state index in [1.165, 1.54) is 5.56 Å². The topological polar surface area (TPSA) is 21.3 Å². The fourth-order valence-corrected chi connectivity index (χ4v) is 1.41. The molecule has 0 heterocycles. The van der Waals surface area contributed by atoms with Crippen molar-refractivity contribution in [2.75, 3.05) is 19.7 Å². The van der Waals surface area contributed by atoms with Gasteiger partial charge in [0, 0.05) is 17.8 Å². The number of ether oxygens (including phenoxy) is 1. The van der Waals surface area contributed by atoms with Gasteiger partial charge in [0.15, 0.2) is 0 Å². The fourth-order valence-electron chi connectivity index (χ4n) is 1.30. The third kappa shape index (κ3) is 6.88. The Morgan fingerprint density at radius 1 is 1.25 bits per heavy atom. The van der Waals surface area contributed by atoms with E-state index < -0.39 is 0 Å². The van der Waals surface area contributed by atoms with E-state index in [0.29, 0.717) is 6.61 Å². The van der Waals surface area contributed by atoms with Crippen LogP contribution >= 0.6 is 12.6 Å². The molecule has 0 unspecified atom stereocenters. The van der Waals surface area contributed by atoms with Gasteiger partial charge in [-0.05, 0) is 19.4 Å². The van der Waals surface area contributed by atoms with Crippen molar-refractivity contribution in [1.29, 1.82) is 0 Å². The maximum Gasteiger partial charge on any atom is 0.0717 e. The molecule has 1 aromatic carbocycles. The van der Waals surface area contributed by atoms with Gasteiger partial charge in [-0.2, -0.15) is 12.6 Å². The van der Waals surface area contributed by atoms with Crippen LogP contribution in [0.15, 0.2) is 30.3 Å². The quantitative estimate of drug-likeness (QED) is 0.563. The van der Waals surface area contributed by atoms with Crippen LogP contribution in [0.1, 0.15) is 19.4 Å². The molecule has 1 aromatic rings. The Balaban J connectivity index is 2.01. The molecule has 0 aliphatic carbocycles. The second-order valence-electron chi connectivity index (χ2n) is 4.53. The maximum absolute atomic E-state index is 5.55. The van der Waals surface area contributed by atoms with Crippen LogP contribution in [0.4, 0.5) is 0 Å². The summed E-state index contributed by atoms with van der Waals surface area (Å²) in [6.45, 7) is 7.37. The second-order valence-corrected chi connectivity index (χ2v) is 5.74. The highest BCUT2D eigenvalue weighted by Gasteiger charge is 2.09. The van der Waals surface area contributed by atoms with Crippen molar-refractivity contribution in [3.63, 3.8) is 0 Å². The lowest BCUT2D eigenvalue weighted by Crippen LogP contribution is -2.32. The summed E-state index contributed by atoms with van der Waals surface area (Å²) in [6.07, 6.45) is 0. The van der Waals surface area contributed by atoms with Crippen LogP contribution in [0.5, 0.6) is 0 Å². The maximum atomic E-state index is 5.55. The first-order valence-electron chi connectivity index (χ1n) is 5.63. The number of nitrogens with one attached hydrogen (secondary N) is 1. The first kappa shape index (κ1) is 13.6. The second kappa shape index (κ2) is 6.94. The first-order chi connectivity index (χ1) is 7.58. The summed E-state index contributed by atoms with van der Waals surface area (Å²) in [5.74, 6) is 0. The molecule has 0 bridgehead atoms. The summed E-state index contributed by atoms with van der Waals surface area (Å²) < 4.78 is 5.59. The zero-order valence-electron chi connectivity index (χ0n) is 10.1. The molecule has 2 nitrogen and oxygen atoms in total. The summed E-state index contributed by atoms with van der Waals surface area (Å²) in [4.78, 5) is 0. The van der Waals surface area contributed by atoms with E-state index in [1.54, 1.807) is 0 Å². The molecule has 0 saturated heterocycles. The van der Waals surface area contributed by atoms with Crippen molar-refractivity contribution in [3.8, 4) is 0 Å². The molecular weight excluding hydrogens is 218 g/mol. The number of thiol groups is 1. The smallest absolute Gasteiger partial charge is 0.0717 e. The average Bonchev–Trinajstić information content (AvgIpc) is 2.23. The molecule has 1 rings (SSSR count). The summed E-state index contributed by atoms with van der Waals surface area (Å²) in [5.41, 5.74) is 1.22. The van der Waals surface area contributed by atoms with Crippen LogP contribution in [-0.2, 0) is 11.3 Å². The summed E-state index contributed by atoms with van der Waals surface area (Å²) in [6, 6.07) is 10.2. The fraction of sp³-hybridized carbons (Fsp3) is 0.538. The molecule has 0 aromatic heterocycles. The number of hydrogen-bond acceptors (Lipinski definition) is 3. The molecule has 3 heteroatoms. The molecular formula is C13H21NOS. The normalized spacial score (nSPS) is 11.7. The Morgan fingerprint density at radius 2 is 1.94 bits per heavy atom. The third-order valence-corrected chi connectivity index (χ3v) is 2.25. The molecule has 0 saturated carbocycles. The molecule has 0 radical (unpaired) electrons. The minimum Gasteiger partial charge on any atom is -0.375 e. The van der Waals surface area contributed by atoms with Gasteiger partial charge < -0.3 is 10.1 Å². The predicted octanol–water partition coefficient (Wildman–Crippen LogP) is 2.50. The highest BCUT2D eigenvalue weighted by molar-refractivity contribution is 7.81. The minimum atomic E-state index is 0.0411. The lowest BCUT2D eigenvalue weighted by molar-refractivity contribution is 0.122. The monoisotopic (exact) mass is 239 g/mol. The SMILES string of the molecule is CC(C)(S)CNCCOCc1ccccc1. The van der Waals surface area contributed by atoms with Gasteiger partial charge in [0.1, 0.15) is 0 Å². The van der Waals surface area contributed by atoms with Crippen molar-refractivity contribution < 1.29 is 4.74 Å². The predicted molar refractivity (Wildman–Crippen MR) is 72.0 cm³/mol. The van der Waals surface area contributed by atoms with E-state index in [9.17, 15) is 0 Å². The van der Waals surface area contributed by atoms with E-state index in [-0.39, 0.29) is 4.75 Å². The third-order valence-electron chi connectivity index (χ3n) is 2.09. The number of rotatable bonds is 7. The Labute approximate surface area is 104 Å². The molecule has 90 valence electrons. The Kier molecular flexibility index (Phi) is 5.88. The van der Waals surface area contributed by atoms with Crippen LogP contribution in [0, 0.1) is 0 Å². The van der Waals surface area contributed by atoms with Crippen LogP contribution in [0.3, 0.4) is 0 Å². The summed E-state index contributed by atoms with van der Waals surface area (Å²) >= 11 is 4.43. The van der Waals surface area contributed by atoms with Crippen molar-refractivity contribution in [3.05, 3.63) is 35.9 Å². The van der Waals surface area contributed by atoms with Crippen LogP contribution in [0.2, 0.25) is 0 Å². The Hall–Kier alpha value is -0.510. The van der Waals surface area contributed by atoms with E-state index in [1.807, 2.05) is 18.2 Å². The van der Waals surface area contributed by atoms with E-state index >= 15 is 0 Å². The van der Waals surface area contributed by atoms with Gasteiger partial charge in [0.05, 0.1) is 13.2 Å². The van der Waals surface area contributed by atoms with Gasteiger partial charge in [-0.1, -0.05) is 30.3 Å². The van der Waals surface area contributed by atoms with Crippen LogP contribution < -0.4 is 5.32 Å². The van der Waals surface area contributed by atoms with Gasteiger partial charge in [0.25, 0.3) is 0 Å². The van der Waals surface area contributed by atoms with Gasteiger partial charge in [-0.15, -0.1) is 0 Å². The summed E-state index contributed by atoms with van der Waals surface area (Å²) in [7, 11) is 0. The van der Waals surface area contributed by atoms with E-state index in [0.717, 1.165) is 19.7 Å². The van der Waals surface area contributed by atoms with Crippen molar-refractivity contribution in [2.24, 2.45) is 0 Å². The van der Waals surface area contributed by atoms with Gasteiger partial charge in [-0.3, -0.25) is 0 Å². The van der Waals surface area contributed by atoms with Gasteiger partial charge in [0.2, 0.25) is 0 Å². The van der Waals surface area contributed by atoms with Gasteiger partial charge >= 0.3 is 0 Å². The molecule has 0 aliphatic heterocycles. The molecule has 0 atom stereocenters. The van der Waals surface area contributed by atoms with E-state index in [2.05, 4.69) is 43.9 Å². The number of benzene rings is 1. The van der Waals surface area contributed by atoms with Crippen molar-refractivity contribution >= 4 is 12.6 Å². The highest BCUT2D eigenvalue weighted by Crippen LogP contribution is 2.08. The van der Waals surface area contributed by atoms with Gasteiger partial charge in [-0.25, -0.2) is 0 Å². The molecule has 0 aliphatic rings. The lowest BCUT2D eigenvalue weighted by atomic mass is 10.2. The van der Waals surface area contributed by atoms with Crippen LogP contribution in [0.25, 0.3) is 0 Å². The molecule has 16 heavy (non-hydrogen) atoms.